The van der Waals surface area contributed by atoms with Crippen molar-refractivity contribution in [2.45, 2.75) is 25.7 Å². The molecule has 5 nitrogen and oxygen atoms in total. The zero-order valence-corrected chi connectivity index (χ0v) is 12.4. The van der Waals surface area contributed by atoms with Crippen LogP contribution in [-0.4, -0.2) is 35.7 Å². The molecule has 2 rings (SSSR count). The van der Waals surface area contributed by atoms with Crippen LogP contribution < -0.4 is 5.32 Å². The van der Waals surface area contributed by atoms with E-state index in [1.54, 1.807) is 18.2 Å². The molecule has 1 N–H and O–H groups in total. The standard InChI is InChI=1S/C15H17ClN2O3/c16-12-4-1-3-11(9-12)10-13(19)17-7-2-8-18-14(20)5-6-15(18)21/h1,3-4,9H,2,5-8,10H2,(H,17,19). The summed E-state index contributed by atoms with van der Waals surface area (Å²) < 4.78 is 0. The molecule has 0 atom stereocenters. The lowest BCUT2D eigenvalue weighted by Crippen LogP contribution is -2.33. The van der Waals surface area contributed by atoms with Gasteiger partial charge < -0.3 is 5.32 Å². The maximum Gasteiger partial charge on any atom is 0.229 e. The van der Waals surface area contributed by atoms with Gasteiger partial charge in [0.1, 0.15) is 0 Å². The number of likely N-dealkylation sites (tertiary alicyclic amines) is 1. The summed E-state index contributed by atoms with van der Waals surface area (Å²) in [5, 5.41) is 3.38. The van der Waals surface area contributed by atoms with E-state index in [4.69, 9.17) is 11.6 Å². The predicted molar refractivity (Wildman–Crippen MR) is 78.7 cm³/mol. The molecule has 3 amide bonds. The van der Waals surface area contributed by atoms with Gasteiger partial charge >= 0.3 is 0 Å². The van der Waals surface area contributed by atoms with Crippen LogP contribution in [0.4, 0.5) is 0 Å². The van der Waals surface area contributed by atoms with Crippen molar-refractivity contribution in [3.8, 4) is 0 Å². The third-order valence-electron chi connectivity index (χ3n) is 3.29. The second-order valence-corrected chi connectivity index (χ2v) is 5.39. The lowest BCUT2D eigenvalue weighted by atomic mass is 10.1. The monoisotopic (exact) mass is 308 g/mol. The highest BCUT2D eigenvalue weighted by Crippen LogP contribution is 2.12. The van der Waals surface area contributed by atoms with E-state index >= 15 is 0 Å². The smallest absolute Gasteiger partial charge is 0.229 e. The molecule has 0 aromatic heterocycles. The van der Waals surface area contributed by atoms with Gasteiger partial charge in [-0.25, -0.2) is 0 Å². The van der Waals surface area contributed by atoms with Gasteiger partial charge in [-0.2, -0.15) is 0 Å². The number of imide groups is 1. The minimum absolute atomic E-state index is 0.101. The first-order chi connectivity index (χ1) is 10.1. The number of hydrogen-bond donors (Lipinski definition) is 1. The van der Waals surface area contributed by atoms with Crippen LogP contribution in [0.25, 0.3) is 0 Å². The Morgan fingerprint density at radius 2 is 1.95 bits per heavy atom. The van der Waals surface area contributed by atoms with Gasteiger partial charge in [-0.1, -0.05) is 23.7 Å². The van der Waals surface area contributed by atoms with Crippen LogP contribution in [0, 0.1) is 0 Å². The molecular weight excluding hydrogens is 292 g/mol. The fraction of sp³-hybridized carbons (Fsp3) is 0.400. The number of nitrogens with zero attached hydrogens (tertiary/aromatic N) is 1. The Morgan fingerprint density at radius 3 is 2.62 bits per heavy atom. The molecule has 1 heterocycles. The average molecular weight is 309 g/mol. The molecule has 0 aliphatic carbocycles. The molecule has 1 fully saturated rings. The fourth-order valence-electron chi connectivity index (χ4n) is 2.23. The summed E-state index contributed by atoms with van der Waals surface area (Å²) in [7, 11) is 0. The lowest BCUT2D eigenvalue weighted by Gasteiger charge is -2.13. The van der Waals surface area contributed by atoms with Gasteiger partial charge in [0, 0.05) is 31.0 Å². The molecule has 0 spiro atoms. The van der Waals surface area contributed by atoms with Gasteiger partial charge in [0.15, 0.2) is 0 Å². The molecule has 21 heavy (non-hydrogen) atoms. The first-order valence-electron chi connectivity index (χ1n) is 6.90. The number of amides is 3. The van der Waals surface area contributed by atoms with Crippen molar-refractivity contribution < 1.29 is 14.4 Å². The summed E-state index contributed by atoms with van der Waals surface area (Å²) in [5.41, 5.74) is 0.852. The Bertz CT molecular complexity index is 544. The lowest BCUT2D eigenvalue weighted by molar-refractivity contribution is -0.138. The van der Waals surface area contributed by atoms with Crippen LogP contribution in [0.5, 0.6) is 0 Å². The Hall–Kier alpha value is -1.88. The minimum atomic E-state index is -0.120. The zero-order valence-electron chi connectivity index (χ0n) is 11.6. The molecule has 1 aromatic carbocycles. The summed E-state index contributed by atoms with van der Waals surface area (Å²) >= 11 is 5.85. The van der Waals surface area contributed by atoms with E-state index < -0.39 is 0 Å². The van der Waals surface area contributed by atoms with E-state index in [0.29, 0.717) is 37.4 Å². The molecule has 0 radical (unpaired) electrons. The van der Waals surface area contributed by atoms with Gasteiger partial charge in [0.25, 0.3) is 0 Å². The van der Waals surface area contributed by atoms with Gasteiger partial charge in [-0.05, 0) is 24.1 Å². The summed E-state index contributed by atoms with van der Waals surface area (Å²) in [4.78, 5) is 35.8. The van der Waals surface area contributed by atoms with Crippen LogP contribution >= 0.6 is 11.6 Å². The number of nitrogens with one attached hydrogen (secondary N) is 1. The summed E-state index contributed by atoms with van der Waals surface area (Å²) in [6, 6.07) is 7.15. The van der Waals surface area contributed by atoms with Crippen molar-refractivity contribution in [1.29, 1.82) is 0 Å². The Balaban J connectivity index is 1.68. The van der Waals surface area contributed by atoms with Crippen LogP contribution in [0.1, 0.15) is 24.8 Å². The van der Waals surface area contributed by atoms with Crippen molar-refractivity contribution in [2.75, 3.05) is 13.1 Å². The topological polar surface area (TPSA) is 66.5 Å². The quantitative estimate of drug-likeness (QED) is 0.640. The van der Waals surface area contributed by atoms with E-state index in [9.17, 15) is 14.4 Å². The molecule has 0 saturated carbocycles. The van der Waals surface area contributed by atoms with Gasteiger partial charge in [-0.15, -0.1) is 0 Å². The summed E-state index contributed by atoms with van der Waals surface area (Å²) in [5.74, 6) is -0.341. The van der Waals surface area contributed by atoms with Crippen molar-refractivity contribution in [3.63, 3.8) is 0 Å². The maximum atomic E-state index is 11.7. The van der Waals surface area contributed by atoms with Crippen LogP contribution in [0.3, 0.4) is 0 Å². The molecule has 0 unspecified atom stereocenters. The van der Waals surface area contributed by atoms with E-state index in [-0.39, 0.29) is 24.1 Å². The SMILES string of the molecule is O=C(Cc1cccc(Cl)c1)NCCCN1C(=O)CCC1=O. The highest BCUT2D eigenvalue weighted by atomic mass is 35.5. The molecule has 6 heteroatoms. The Morgan fingerprint density at radius 1 is 1.24 bits per heavy atom. The summed E-state index contributed by atoms with van der Waals surface area (Å²) in [6.07, 6.45) is 1.45. The number of hydrogen-bond acceptors (Lipinski definition) is 3. The number of benzene rings is 1. The Kier molecular flexibility index (Phi) is 5.33. The summed E-state index contributed by atoms with van der Waals surface area (Å²) in [6.45, 7) is 0.811. The third-order valence-corrected chi connectivity index (χ3v) is 3.52. The van der Waals surface area contributed by atoms with Gasteiger partial charge in [0.05, 0.1) is 6.42 Å². The number of halogens is 1. The van der Waals surface area contributed by atoms with Crippen molar-refractivity contribution in [2.24, 2.45) is 0 Å². The molecule has 1 aromatic rings. The minimum Gasteiger partial charge on any atom is -0.356 e. The van der Waals surface area contributed by atoms with Gasteiger partial charge in [-0.3, -0.25) is 19.3 Å². The molecule has 1 aliphatic heterocycles. The highest BCUT2D eigenvalue weighted by molar-refractivity contribution is 6.30. The predicted octanol–water partition coefficient (Wildman–Crippen LogP) is 1.54. The third kappa shape index (κ3) is 4.56. The number of carbonyl (C=O) groups excluding carboxylic acids is 3. The van der Waals surface area contributed by atoms with E-state index in [1.807, 2.05) is 6.07 Å². The second-order valence-electron chi connectivity index (χ2n) is 4.95. The molecule has 112 valence electrons. The molecule has 1 saturated heterocycles. The zero-order chi connectivity index (χ0) is 15.2. The first-order valence-corrected chi connectivity index (χ1v) is 7.28. The van der Waals surface area contributed by atoms with Crippen molar-refractivity contribution in [1.82, 2.24) is 10.2 Å². The second kappa shape index (κ2) is 7.22. The maximum absolute atomic E-state index is 11.7. The van der Waals surface area contributed by atoms with Crippen LogP contribution in [0.2, 0.25) is 5.02 Å². The average Bonchev–Trinajstić information content (AvgIpc) is 2.75. The van der Waals surface area contributed by atoms with Gasteiger partial charge in [0.2, 0.25) is 17.7 Å². The molecular formula is C15H17ClN2O3. The number of carbonyl (C=O) groups is 3. The Labute approximate surface area is 128 Å². The van der Waals surface area contributed by atoms with E-state index in [2.05, 4.69) is 5.32 Å². The molecule has 0 bridgehead atoms. The first kappa shape index (κ1) is 15.5. The molecule has 1 aliphatic rings. The fourth-order valence-corrected chi connectivity index (χ4v) is 2.44. The van der Waals surface area contributed by atoms with Crippen molar-refractivity contribution in [3.05, 3.63) is 34.9 Å². The van der Waals surface area contributed by atoms with E-state index in [1.165, 1.54) is 4.90 Å². The largest absolute Gasteiger partial charge is 0.356 e. The van der Waals surface area contributed by atoms with Crippen molar-refractivity contribution >= 4 is 29.3 Å². The van der Waals surface area contributed by atoms with Crippen LogP contribution in [0.15, 0.2) is 24.3 Å². The normalized spacial score (nSPS) is 14.6. The van der Waals surface area contributed by atoms with E-state index in [0.717, 1.165) is 5.56 Å². The number of rotatable bonds is 6. The highest BCUT2D eigenvalue weighted by Gasteiger charge is 2.27. The van der Waals surface area contributed by atoms with Crippen LogP contribution in [-0.2, 0) is 20.8 Å².